The Morgan fingerprint density at radius 2 is 1.54 bits per heavy atom. The van der Waals surface area contributed by atoms with Gasteiger partial charge in [0.1, 0.15) is 17.8 Å². The van der Waals surface area contributed by atoms with Gasteiger partial charge in [-0.1, -0.05) is 64.1 Å². The van der Waals surface area contributed by atoms with Gasteiger partial charge >= 0.3 is 0 Å². The number of likely N-dealkylation sites (N-methyl/N-ethyl adjacent to an activating group) is 1. The quantitative estimate of drug-likeness (QED) is 0.755. The molecular formula is C21H27NO2. The van der Waals surface area contributed by atoms with Crippen molar-refractivity contribution in [3.05, 3.63) is 59.7 Å². The Labute approximate surface area is 145 Å². The summed E-state index contributed by atoms with van der Waals surface area (Å²) >= 11 is 0. The van der Waals surface area contributed by atoms with Crippen LogP contribution in [-0.4, -0.2) is 19.1 Å². The molecule has 3 heteroatoms. The summed E-state index contributed by atoms with van der Waals surface area (Å²) in [4.78, 5) is 14.9. The summed E-state index contributed by atoms with van der Waals surface area (Å²) in [6.07, 6.45) is 0. The van der Waals surface area contributed by atoms with Gasteiger partial charge in [0.15, 0.2) is 0 Å². The zero-order valence-corrected chi connectivity index (χ0v) is 15.3. The lowest BCUT2D eigenvalue weighted by Crippen LogP contribution is -2.42. The summed E-state index contributed by atoms with van der Waals surface area (Å²) in [5.41, 5.74) is 2.42. The number of nitrogens with zero attached hydrogens (tertiary/aromatic N) is 1. The second kappa shape index (κ2) is 7.52. The van der Waals surface area contributed by atoms with Crippen molar-refractivity contribution in [3.63, 3.8) is 0 Å². The number of ether oxygens (including phenoxy) is 1. The average molecular weight is 325 g/mol. The fraction of sp³-hybridized carbons (Fsp3) is 0.381. The van der Waals surface area contributed by atoms with E-state index in [-0.39, 0.29) is 5.91 Å². The minimum atomic E-state index is -0.650. The molecule has 2 heterocycles. The van der Waals surface area contributed by atoms with Gasteiger partial charge in [-0.25, -0.2) is 0 Å². The SMILES string of the molecule is CC.CC.CCN1C(=O)C2(COc3ccccc32)c2ccccc21. The molecular weight excluding hydrogens is 298 g/mol. The molecule has 1 unspecified atom stereocenters. The molecule has 3 nitrogen and oxygen atoms in total. The maximum Gasteiger partial charge on any atom is 0.245 e. The Balaban J connectivity index is 0.000000487. The highest BCUT2D eigenvalue weighted by Gasteiger charge is 2.56. The standard InChI is InChI=1S/C17H15NO2.2C2H6/c1-2-18-14-9-5-3-7-12(14)17(16(18)19)11-20-15-10-6-4-8-13(15)17;2*1-2/h3-10H,2,11H2,1H3;2*1-2H3. The number of anilines is 1. The van der Waals surface area contributed by atoms with Crippen LogP contribution in [0.2, 0.25) is 0 Å². The number of hydrogen-bond acceptors (Lipinski definition) is 2. The van der Waals surface area contributed by atoms with Gasteiger partial charge in [-0.05, 0) is 24.6 Å². The summed E-state index contributed by atoms with van der Waals surface area (Å²) in [5.74, 6) is 0.958. The van der Waals surface area contributed by atoms with Crippen LogP contribution in [0.5, 0.6) is 5.75 Å². The van der Waals surface area contributed by atoms with Gasteiger partial charge in [0.05, 0.1) is 0 Å². The molecule has 2 aliphatic heterocycles. The highest BCUT2D eigenvalue weighted by molar-refractivity contribution is 6.11. The van der Waals surface area contributed by atoms with E-state index in [1.54, 1.807) is 0 Å². The van der Waals surface area contributed by atoms with Crippen molar-refractivity contribution >= 4 is 11.6 Å². The highest BCUT2D eigenvalue weighted by Crippen LogP contribution is 2.51. The molecule has 0 N–H and O–H groups in total. The summed E-state index contributed by atoms with van der Waals surface area (Å²) < 4.78 is 5.81. The molecule has 0 saturated heterocycles. The lowest BCUT2D eigenvalue weighted by Gasteiger charge is -2.22. The second-order valence-electron chi connectivity index (χ2n) is 5.26. The fourth-order valence-corrected chi connectivity index (χ4v) is 3.45. The van der Waals surface area contributed by atoms with Gasteiger partial charge in [0.2, 0.25) is 5.91 Å². The van der Waals surface area contributed by atoms with E-state index in [0.717, 1.165) is 22.6 Å². The first-order chi connectivity index (χ1) is 11.8. The molecule has 4 rings (SSSR count). The number of fused-ring (bicyclic) bond motifs is 4. The molecule has 128 valence electrons. The predicted molar refractivity (Wildman–Crippen MR) is 99.9 cm³/mol. The van der Waals surface area contributed by atoms with E-state index >= 15 is 0 Å². The topological polar surface area (TPSA) is 29.5 Å². The van der Waals surface area contributed by atoms with Crippen LogP contribution in [0.25, 0.3) is 0 Å². The predicted octanol–water partition coefficient (Wildman–Crippen LogP) is 4.78. The number of carbonyl (C=O) groups is 1. The van der Waals surface area contributed by atoms with E-state index in [1.807, 2.05) is 88.0 Å². The third-order valence-electron chi connectivity index (χ3n) is 4.37. The van der Waals surface area contributed by atoms with Crippen LogP contribution in [0.15, 0.2) is 48.5 Å². The van der Waals surface area contributed by atoms with Crippen LogP contribution < -0.4 is 9.64 Å². The lowest BCUT2D eigenvalue weighted by atomic mass is 9.77. The number of hydrogen-bond donors (Lipinski definition) is 0. The van der Waals surface area contributed by atoms with E-state index in [9.17, 15) is 4.79 Å². The molecule has 0 bridgehead atoms. The summed E-state index contributed by atoms with van der Waals surface area (Å²) in [5, 5.41) is 0. The molecule has 0 saturated carbocycles. The van der Waals surface area contributed by atoms with Crippen molar-refractivity contribution in [2.45, 2.75) is 40.0 Å². The van der Waals surface area contributed by atoms with Gasteiger partial charge in [0, 0.05) is 17.8 Å². The lowest BCUT2D eigenvalue weighted by molar-refractivity contribution is -0.122. The third-order valence-corrected chi connectivity index (χ3v) is 4.37. The molecule has 1 spiro atoms. The van der Waals surface area contributed by atoms with Crippen molar-refractivity contribution in [3.8, 4) is 5.75 Å². The van der Waals surface area contributed by atoms with E-state index in [0.29, 0.717) is 13.2 Å². The van der Waals surface area contributed by atoms with Crippen molar-refractivity contribution in [1.29, 1.82) is 0 Å². The normalized spacial score (nSPS) is 19.5. The smallest absolute Gasteiger partial charge is 0.245 e. The third kappa shape index (κ3) is 2.39. The molecule has 0 aromatic heterocycles. The summed E-state index contributed by atoms with van der Waals surface area (Å²) in [6, 6.07) is 15.9. The Bertz CT molecular complexity index is 710. The maximum atomic E-state index is 13.0. The molecule has 0 radical (unpaired) electrons. The molecule has 0 aliphatic carbocycles. The molecule has 0 fully saturated rings. The fourth-order valence-electron chi connectivity index (χ4n) is 3.45. The van der Waals surface area contributed by atoms with Crippen molar-refractivity contribution in [2.24, 2.45) is 0 Å². The highest BCUT2D eigenvalue weighted by atomic mass is 16.5. The van der Waals surface area contributed by atoms with E-state index in [2.05, 4.69) is 0 Å². The summed E-state index contributed by atoms with van der Waals surface area (Å²) in [7, 11) is 0. The minimum Gasteiger partial charge on any atom is -0.491 e. The number of carbonyl (C=O) groups excluding carboxylic acids is 1. The van der Waals surface area contributed by atoms with Crippen molar-refractivity contribution < 1.29 is 9.53 Å². The maximum absolute atomic E-state index is 13.0. The van der Waals surface area contributed by atoms with Gasteiger partial charge in [0.25, 0.3) is 0 Å². The van der Waals surface area contributed by atoms with Crippen LogP contribution in [0.1, 0.15) is 45.7 Å². The molecule has 2 aromatic carbocycles. The van der Waals surface area contributed by atoms with Crippen LogP contribution in [-0.2, 0) is 10.2 Å². The summed E-state index contributed by atoms with van der Waals surface area (Å²) in [6.45, 7) is 11.1. The number of amides is 1. The number of rotatable bonds is 1. The van der Waals surface area contributed by atoms with Crippen LogP contribution >= 0.6 is 0 Å². The van der Waals surface area contributed by atoms with Crippen molar-refractivity contribution in [2.75, 3.05) is 18.1 Å². The van der Waals surface area contributed by atoms with Crippen molar-refractivity contribution in [1.82, 2.24) is 0 Å². The van der Waals surface area contributed by atoms with Crippen LogP contribution in [0, 0.1) is 0 Å². The first-order valence-electron chi connectivity index (χ1n) is 8.93. The van der Waals surface area contributed by atoms with E-state index < -0.39 is 5.41 Å². The second-order valence-corrected chi connectivity index (χ2v) is 5.26. The molecule has 2 aromatic rings. The average Bonchev–Trinajstić information content (AvgIpc) is 3.17. The zero-order chi connectivity index (χ0) is 17.7. The molecule has 2 aliphatic rings. The van der Waals surface area contributed by atoms with E-state index in [1.165, 1.54) is 0 Å². The van der Waals surface area contributed by atoms with Gasteiger partial charge in [-0.2, -0.15) is 0 Å². The van der Waals surface area contributed by atoms with Crippen LogP contribution in [0.3, 0.4) is 0 Å². The van der Waals surface area contributed by atoms with Gasteiger partial charge in [-0.15, -0.1) is 0 Å². The Morgan fingerprint density at radius 1 is 0.958 bits per heavy atom. The number of para-hydroxylation sites is 2. The van der Waals surface area contributed by atoms with Crippen LogP contribution in [0.4, 0.5) is 5.69 Å². The van der Waals surface area contributed by atoms with Gasteiger partial charge in [-0.3, -0.25) is 4.79 Å². The minimum absolute atomic E-state index is 0.131. The number of benzene rings is 2. The zero-order valence-electron chi connectivity index (χ0n) is 15.3. The Kier molecular flexibility index (Phi) is 5.66. The van der Waals surface area contributed by atoms with E-state index in [4.69, 9.17) is 4.74 Å². The van der Waals surface area contributed by atoms with Gasteiger partial charge < -0.3 is 9.64 Å². The molecule has 1 atom stereocenters. The molecule has 1 amide bonds. The Morgan fingerprint density at radius 3 is 2.21 bits per heavy atom. The first kappa shape index (κ1) is 18.1. The molecule has 24 heavy (non-hydrogen) atoms. The largest absolute Gasteiger partial charge is 0.491 e. The monoisotopic (exact) mass is 325 g/mol. The first-order valence-corrected chi connectivity index (χ1v) is 8.93. The Hall–Kier alpha value is -2.29.